The predicted molar refractivity (Wildman–Crippen MR) is 57.7 cm³/mol. The summed E-state index contributed by atoms with van der Waals surface area (Å²) in [4.78, 5) is 33.0. The Morgan fingerprint density at radius 1 is 0.933 bits per heavy atom. The van der Waals surface area contributed by atoms with Crippen LogP contribution < -0.4 is 5.32 Å². The monoisotopic (exact) mass is 213 g/mol. The van der Waals surface area contributed by atoms with Crippen molar-refractivity contribution in [2.24, 2.45) is 0 Å². The second-order valence-electron chi connectivity index (χ2n) is 3.43. The lowest BCUT2D eigenvalue weighted by Gasteiger charge is -2.02. The Morgan fingerprint density at radius 2 is 1.53 bits per heavy atom. The summed E-state index contributed by atoms with van der Waals surface area (Å²) in [6.07, 6.45) is 1.27. The third-order valence-corrected chi connectivity index (χ3v) is 2.09. The van der Waals surface area contributed by atoms with Crippen LogP contribution in [0.15, 0.2) is 0 Å². The highest BCUT2D eigenvalue weighted by Gasteiger charge is 2.07. The molecule has 0 spiro atoms. The normalized spacial score (nSPS) is 10.0. The number of carbonyl (C=O) groups is 3. The first-order chi connectivity index (χ1) is 7.10. The van der Waals surface area contributed by atoms with Crippen LogP contribution in [0.25, 0.3) is 0 Å². The molecule has 86 valence electrons. The summed E-state index contributed by atoms with van der Waals surface area (Å²) in [7, 11) is 0. The maximum absolute atomic E-state index is 11.2. The lowest BCUT2D eigenvalue weighted by molar-refractivity contribution is -0.127. The molecular weight excluding hydrogens is 194 g/mol. The number of hydrogen-bond acceptors (Lipinski definition) is 4. The van der Waals surface area contributed by atoms with Gasteiger partial charge in [-0.15, -0.1) is 0 Å². The van der Waals surface area contributed by atoms with Gasteiger partial charge in [-0.05, 0) is 0 Å². The van der Waals surface area contributed by atoms with Crippen LogP contribution >= 0.6 is 0 Å². The fourth-order valence-electron chi connectivity index (χ4n) is 1.01. The van der Waals surface area contributed by atoms with Crippen LogP contribution in [0.3, 0.4) is 0 Å². The van der Waals surface area contributed by atoms with Crippen LogP contribution in [0, 0.1) is 0 Å². The molecule has 0 atom stereocenters. The first-order valence-corrected chi connectivity index (χ1v) is 5.36. The summed E-state index contributed by atoms with van der Waals surface area (Å²) in [5.74, 6) is 0.0509. The van der Waals surface area contributed by atoms with Crippen molar-refractivity contribution in [3.63, 3.8) is 0 Å². The third-order valence-electron chi connectivity index (χ3n) is 2.09. The van der Waals surface area contributed by atoms with Gasteiger partial charge < -0.3 is 5.32 Å². The SMILES string of the molecule is CCC(=O)CNCCC(=O)CC(=O)CC. The van der Waals surface area contributed by atoms with E-state index in [9.17, 15) is 14.4 Å². The lowest BCUT2D eigenvalue weighted by Crippen LogP contribution is -2.25. The molecule has 0 aromatic carbocycles. The van der Waals surface area contributed by atoms with Gasteiger partial charge in [0.1, 0.15) is 17.3 Å². The number of rotatable bonds is 9. The molecule has 0 amide bonds. The minimum Gasteiger partial charge on any atom is -0.310 e. The van der Waals surface area contributed by atoms with Gasteiger partial charge in [0.2, 0.25) is 0 Å². The molecule has 0 aliphatic heterocycles. The van der Waals surface area contributed by atoms with Crippen molar-refractivity contribution in [1.82, 2.24) is 5.32 Å². The third kappa shape index (κ3) is 8.00. The van der Waals surface area contributed by atoms with Gasteiger partial charge in [0, 0.05) is 25.8 Å². The largest absolute Gasteiger partial charge is 0.310 e. The molecule has 0 rings (SSSR count). The molecule has 0 aromatic rings. The molecule has 4 nitrogen and oxygen atoms in total. The first-order valence-electron chi connectivity index (χ1n) is 5.36. The van der Waals surface area contributed by atoms with Gasteiger partial charge in [-0.3, -0.25) is 14.4 Å². The number of Topliss-reactive ketones (excluding diaryl/α,β-unsaturated/α-hetero) is 3. The summed E-state index contributed by atoms with van der Waals surface area (Å²) in [6, 6.07) is 0. The number of nitrogens with one attached hydrogen (secondary N) is 1. The summed E-state index contributed by atoms with van der Waals surface area (Å²) in [5.41, 5.74) is 0. The van der Waals surface area contributed by atoms with Crippen LogP contribution in [0.2, 0.25) is 0 Å². The number of carbonyl (C=O) groups excluding carboxylic acids is 3. The van der Waals surface area contributed by atoms with Gasteiger partial charge >= 0.3 is 0 Å². The molecule has 0 aliphatic rings. The van der Waals surface area contributed by atoms with E-state index in [-0.39, 0.29) is 23.8 Å². The molecule has 0 fully saturated rings. The Balaban J connectivity index is 3.47. The minimum atomic E-state index is -0.0571. The van der Waals surface area contributed by atoms with Crippen molar-refractivity contribution in [2.75, 3.05) is 13.1 Å². The topological polar surface area (TPSA) is 63.2 Å². The highest BCUT2D eigenvalue weighted by molar-refractivity contribution is 5.98. The molecule has 0 unspecified atom stereocenters. The maximum Gasteiger partial charge on any atom is 0.146 e. The fourth-order valence-corrected chi connectivity index (χ4v) is 1.01. The lowest BCUT2D eigenvalue weighted by atomic mass is 10.1. The van der Waals surface area contributed by atoms with E-state index in [2.05, 4.69) is 5.32 Å². The zero-order chi connectivity index (χ0) is 11.7. The van der Waals surface area contributed by atoms with Crippen LogP contribution in [-0.4, -0.2) is 30.4 Å². The second kappa shape index (κ2) is 8.29. The van der Waals surface area contributed by atoms with Gasteiger partial charge in [0.05, 0.1) is 13.0 Å². The van der Waals surface area contributed by atoms with Gasteiger partial charge in [-0.1, -0.05) is 13.8 Å². The van der Waals surface area contributed by atoms with Gasteiger partial charge in [0.25, 0.3) is 0 Å². The van der Waals surface area contributed by atoms with E-state index in [1.165, 1.54) is 0 Å². The smallest absolute Gasteiger partial charge is 0.146 e. The number of hydrogen-bond donors (Lipinski definition) is 1. The van der Waals surface area contributed by atoms with E-state index < -0.39 is 0 Å². The molecule has 0 saturated carbocycles. The van der Waals surface area contributed by atoms with Crippen molar-refractivity contribution in [1.29, 1.82) is 0 Å². The molecule has 4 heteroatoms. The Hall–Kier alpha value is -1.03. The predicted octanol–water partition coefficient (Wildman–Crippen LogP) is 0.883. The van der Waals surface area contributed by atoms with E-state index in [4.69, 9.17) is 0 Å². The quantitative estimate of drug-likeness (QED) is 0.456. The molecule has 0 bridgehead atoms. The Bertz CT molecular complexity index is 236. The first kappa shape index (κ1) is 14.0. The molecule has 0 saturated heterocycles. The fraction of sp³-hybridized carbons (Fsp3) is 0.727. The van der Waals surface area contributed by atoms with Crippen LogP contribution in [-0.2, 0) is 14.4 Å². The van der Waals surface area contributed by atoms with E-state index in [1.54, 1.807) is 13.8 Å². The van der Waals surface area contributed by atoms with Crippen molar-refractivity contribution in [3.8, 4) is 0 Å². The van der Waals surface area contributed by atoms with E-state index >= 15 is 0 Å². The van der Waals surface area contributed by atoms with Crippen LogP contribution in [0.4, 0.5) is 0 Å². The average molecular weight is 213 g/mol. The maximum atomic E-state index is 11.2. The van der Waals surface area contributed by atoms with Crippen molar-refractivity contribution < 1.29 is 14.4 Å². The second-order valence-corrected chi connectivity index (χ2v) is 3.43. The Labute approximate surface area is 90.4 Å². The summed E-state index contributed by atoms with van der Waals surface area (Å²) in [5, 5.41) is 2.88. The molecule has 0 radical (unpaired) electrons. The van der Waals surface area contributed by atoms with Crippen LogP contribution in [0.1, 0.15) is 39.5 Å². The summed E-state index contributed by atoms with van der Waals surface area (Å²) in [6.45, 7) is 4.33. The van der Waals surface area contributed by atoms with Crippen molar-refractivity contribution in [2.45, 2.75) is 39.5 Å². The highest BCUT2D eigenvalue weighted by atomic mass is 16.1. The van der Waals surface area contributed by atoms with Gasteiger partial charge in [-0.2, -0.15) is 0 Å². The Kier molecular flexibility index (Phi) is 7.72. The highest BCUT2D eigenvalue weighted by Crippen LogP contribution is 1.93. The standard InChI is InChI=1S/C11H19NO3/c1-3-9(13)7-11(15)5-6-12-8-10(14)4-2/h12H,3-8H2,1-2H3. The van der Waals surface area contributed by atoms with Crippen LogP contribution in [0.5, 0.6) is 0 Å². The molecule has 1 N–H and O–H groups in total. The van der Waals surface area contributed by atoms with E-state index in [1.807, 2.05) is 0 Å². The summed E-state index contributed by atoms with van der Waals surface area (Å²) < 4.78 is 0. The van der Waals surface area contributed by atoms with E-state index in [0.29, 0.717) is 32.4 Å². The number of ketones is 3. The van der Waals surface area contributed by atoms with Crippen molar-refractivity contribution in [3.05, 3.63) is 0 Å². The zero-order valence-electron chi connectivity index (χ0n) is 9.47. The van der Waals surface area contributed by atoms with Crippen molar-refractivity contribution >= 4 is 17.3 Å². The molecule has 0 aromatic heterocycles. The summed E-state index contributed by atoms with van der Waals surface area (Å²) >= 11 is 0. The van der Waals surface area contributed by atoms with Gasteiger partial charge in [0.15, 0.2) is 0 Å². The molecule has 0 aliphatic carbocycles. The molecule has 0 heterocycles. The zero-order valence-corrected chi connectivity index (χ0v) is 9.47. The Morgan fingerprint density at radius 3 is 2.07 bits per heavy atom. The van der Waals surface area contributed by atoms with Gasteiger partial charge in [-0.25, -0.2) is 0 Å². The molecular formula is C11H19NO3. The van der Waals surface area contributed by atoms with E-state index in [0.717, 1.165) is 0 Å². The molecule has 15 heavy (non-hydrogen) atoms. The average Bonchev–Trinajstić information content (AvgIpc) is 2.23. The minimum absolute atomic E-state index is 0.0235.